The van der Waals surface area contributed by atoms with E-state index in [-0.39, 0.29) is 12.5 Å². The van der Waals surface area contributed by atoms with Crippen molar-refractivity contribution in [3.05, 3.63) is 46.2 Å². The van der Waals surface area contributed by atoms with Gasteiger partial charge in [-0.05, 0) is 42.0 Å². The van der Waals surface area contributed by atoms with Gasteiger partial charge >= 0.3 is 0 Å². The number of nitrogens with zero attached hydrogens (tertiary/aromatic N) is 2. The molecule has 2 amide bonds. The molecule has 0 aliphatic rings. The minimum absolute atomic E-state index is 0.101. The van der Waals surface area contributed by atoms with Crippen LogP contribution in [0.15, 0.2) is 35.7 Å². The van der Waals surface area contributed by atoms with Crippen molar-refractivity contribution in [2.75, 3.05) is 47.6 Å². The van der Waals surface area contributed by atoms with Crippen LogP contribution in [0.3, 0.4) is 0 Å². The Labute approximate surface area is 209 Å². The molecule has 0 spiro atoms. The van der Waals surface area contributed by atoms with Gasteiger partial charge in [0.1, 0.15) is 0 Å². The predicted molar refractivity (Wildman–Crippen MR) is 132 cm³/mol. The quantitative estimate of drug-likeness (QED) is 0.280. The Hall–Kier alpha value is -2.00. The minimum atomic E-state index is -1.22. The van der Waals surface area contributed by atoms with E-state index >= 15 is 0 Å². The third-order valence-electron chi connectivity index (χ3n) is 5.00. The number of alkyl halides is 2. The predicted octanol–water partition coefficient (Wildman–Crippen LogP) is 4.01. The molecule has 0 bridgehead atoms. The molecule has 7 nitrogen and oxygen atoms in total. The number of hydrogen-bond donors (Lipinski definition) is 0. The van der Waals surface area contributed by atoms with Crippen molar-refractivity contribution in [2.24, 2.45) is 0 Å². The molecule has 0 aliphatic heterocycles. The van der Waals surface area contributed by atoms with Crippen molar-refractivity contribution in [1.29, 1.82) is 0 Å². The van der Waals surface area contributed by atoms with E-state index in [1.54, 1.807) is 37.6 Å². The zero-order valence-electron chi connectivity index (χ0n) is 19.1. The van der Waals surface area contributed by atoms with E-state index in [2.05, 4.69) is 0 Å². The molecular formula is C23H30Cl2N2O5S. The van der Waals surface area contributed by atoms with Crippen LogP contribution in [-0.2, 0) is 27.3 Å². The molecule has 0 atom stereocenters. The molecule has 0 N–H and O–H groups in total. The number of carbonyl (C=O) groups is 2. The van der Waals surface area contributed by atoms with Crippen LogP contribution >= 0.6 is 34.5 Å². The molecule has 182 valence electrons. The Kier molecular flexibility index (Phi) is 11.8. The largest absolute Gasteiger partial charge is 0.493 e. The third-order valence-corrected chi connectivity index (χ3v) is 6.23. The monoisotopic (exact) mass is 516 g/mol. The highest BCUT2D eigenvalue weighted by Crippen LogP contribution is 2.28. The first-order chi connectivity index (χ1) is 15.9. The molecule has 2 aromatic rings. The summed E-state index contributed by atoms with van der Waals surface area (Å²) in [6.45, 7) is 1.62. The number of halogens is 2. The molecule has 0 fully saturated rings. The molecule has 10 heteroatoms. The van der Waals surface area contributed by atoms with Crippen molar-refractivity contribution in [3.8, 4) is 11.5 Å². The number of benzene rings is 1. The van der Waals surface area contributed by atoms with E-state index in [9.17, 15) is 9.59 Å². The fourth-order valence-electron chi connectivity index (χ4n) is 3.25. The van der Waals surface area contributed by atoms with Crippen LogP contribution in [0.4, 0.5) is 0 Å². The number of amides is 2. The fourth-order valence-corrected chi connectivity index (χ4v) is 4.25. The Balaban J connectivity index is 2.14. The number of methoxy groups -OCH3 is 3. The fraction of sp³-hybridized carbons (Fsp3) is 0.478. The van der Waals surface area contributed by atoms with Crippen LogP contribution in [0.5, 0.6) is 11.5 Å². The normalized spacial score (nSPS) is 10.8. The van der Waals surface area contributed by atoms with Crippen molar-refractivity contribution in [2.45, 2.75) is 24.2 Å². The maximum absolute atomic E-state index is 13.3. The van der Waals surface area contributed by atoms with Gasteiger partial charge in [-0.25, -0.2) is 0 Å². The van der Waals surface area contributed by atoms with Gasteiger partial charge in [-0.2, -0.15) is 0 Å². The first kappa shape index (κ1) is 27.2. The summed E-state index contributed by atoms with van der Waals surface area (Å²) in [7, 11) is 4.76. The van der Waals surface area contributed by atoms with Crippen LogP contribution in [0.2, 0.25) is 0 Å². The molecule has 0 saturated carbocycles. The number of carbonyl (C=O) groups excluding carboxylic acids is 2. The summed E-state index contributed by atoms with van der Waals surface area (Å²) in [5.74, 6) is 0.619. The molecule has 0 unspecified atom stereocenters. The number of rotatable bonds is 14. The highest BCUT2D eigenvalue weighted by atomic mass is 35.5. The summed E-state index contributed by atoms with van der Waals surface area (Å²) < 4.78 is 15.7. The maximum Gasteiger partial charge on any atom is 0.256 e. The smallest absolute Gasteiger partial charge is 0.256 e. The lowest BCUT2D eigenvalue weighted by atomic mass is 10.1. The standard InChI is InChI=1S/C23H30Cl2N2O5S/c1-30-12-5-10-27(23(29)22(24)25)16-21(28)26(15-18-6-4-13-33-18)11-9-17-7-8-19(31-2)20(14-17)32-3/h4,6-8,13-14,22H,5,9-12,15-16H2,1-3H3. The van der Waals surface area contributed by atoms with E-state index in [0.717, 1.165) is 10.4 Å². The average Bonchev–Trinajstić information content (AvgIpc) is 3.33. The SMILES string of the molecule is COCCCN(CC(=O)N(CCc1ccc(OC)c(OC)c1)Cc1cccs1)C(=O)C(Cl)Cl. The Morgan fingerprint density at radius 1 is 1.03 bits per heavy atom. The zero-order chi connectivity index (χ0) is 24.2. The lowest BCUT2D eigenvalue weighted by Crippen LogP contribution is -2.45. The second kappa shape index (κ2) is 14.3. The van der Waals surface area contributed by atoms with E-state index in [0.29, 0.717) is 50.6 Å². The molecule has 1 aromatic heterocycles. The van der Waals surface area contributed by atoms with E-state index < -0.39 is 10.7 Å². The second-order valence-corrected chi connectivity index (χ2v) is 9.37. The lowest BCUT2D eigenvalue weighted by molar-refractivity contribution is -0.140. The summed E-state index contributed by atoms with van der Waals surface area (Å²) in [5.41, 5.74) is 1.01. The number of thiophene rings is 1. The van der Waals surface area contributed by atoms with Gasteiger partial charge < -0.3 is 24.0 Å². The van der Waals surface area contributed by atoms with Crippen molar-refractivity contribution in [3.63, 3.8) is 0 Å². The Bertz CT molecular complexity index is 880. The molecular weight excluding hydrogens is 487 g/mol. The van der Waals surface area contributed by atoms with E-state index in [1.807, 2.05) is 35.7 Å². The molecule has 0 radical (unpaired) electrons. The Morgan fingerprint density at radius 2 is 1.79 bits per heavy atom. The van der Waals surface area contributed by atoms with Gasteiger partial charge in [-0.1, -0.05) is 35.3 Å². The highest BCUT2D eigenvalue weighted by Gasteiger charge is 2.25. The second-order valence-electron chi connectivity index (χ2n) is 7.24. The van der Waals surface area contributed by atoms with Gasteiger partial charge in [0.05, 0.1) is 27.3 Å². The summed E-state index contributed by atoms with van der Waals surface area (Å²) in [4.78, 5) is 28.7. The minimum Gasteiger partial charge on any atom is -0.493 e. The van der Waals surface area contributed by atoms with E-state index in [4.69, 9.17) is 37.4 Å². The molecule has 0 saturated heterocycles. The maximum atomic E-state index is 13.3. The van der Waals surface area contributed by atoms with Crippen molar-refractivity contribution >= 4 is 46.4 Å². The highest BCUT2D eigenvalue weighted by molar-refractivity contribution is 7.09. The van der Waals surface area contributed by atoms with Crippen molar-refractivity contribution < 1.29 is 23.8 Å². The average molecular weight is 517 g/mol. The van der Waals surface area contributed by atoms with Gasteiger partial charge in [0, 0.05) is 31.7 Å². The van der Waals surface area contributed by atoms with Crippen molar-refractivity contribution in [1.82, 2.24) is 9.80 Å². The lowest BCUT2D eigenvalue weighted by Gasteiger charge is -2.28. The van der Waals surface area contributed by atoms with Gasteiger partial charge in [0.25, 0.3) is 5.91 Å². The van der Waals surface area contributed by atoms with E-state index in [1.165, 1.54) is 4.90 Å². The van der Waals surface area contributed by atoms with Crippen LogP contribution in [0.1, 0.15) is 16.9 Å². The molecule has 1 aromatic carbocycles. The van der Waals surface area contributed by atoms with Gasteiger partial charge in [-0.3, -0.25) is 9.59 Å². The van der Waals surface area contributed by atoms with Crippen LogP contribution in [0.25, 0.3) is 0 Å². The molecule has 1 heterocycles. The number of ether oxygens (including phenoxy) is 3. The molecule has 0 aliphatic carbocycles. The summed E-state index contributed by atoms with van der Waals surface area (Å²) in [6.07, 6.45) is 1.19. The van der Waals surface area contributed by atoms with Crippen LogP contribution in [0, 0.1) is 0 Å². The molecule has 2 rings (SSSR count). The third kappa shape index (κ3) is 8.70. The summed E-state index contributed by atoms with van der Waals surface area (Å²) >= 11 is 13.2. The molecule has 33 heavy (non-hydrogen) atoms. The van der Waals surface area contributed by atoms with Gasteiger partial charge in [0.2, 0.25) is 5.91 Å². The topological polar surface area (TPSA) is 68.3 Å². The number of hydrogen-bond acceptors (Lipinski definition) is 6. The Morgan fingerprint density at radius 3 is 2.39 bits per heavy atom. The van der Waals surface area contributed by atoms with Crippen LogP contribution < -0.4 is 9.47 Å². The van der Waals surface area contributed by atoms with Gasteiger partial charge in [-0.15, -0.1) is 11.3 Å². The summed E-state index contributed by atoms with van der Waals surface area (Å²) in [6, 6.07) is 9.62. The zero-order valence-corrected chi connectivity index (χ0v) is 21.4. The van der Waals surface area contributed by atoms with Crippen LogP contribution in [-0.4, -0.2) is 74.0 Å². The summed E-state index contributed by atoms with van der Waals surface area (Å²) in [5, 5.41) is 1.97. The van der Waals surface area contributed by atoms with Gasteiger partial charge in [0.15, 0.2) is 16.3 Å². The first-order valence-corrected chi connectivity index (χ1v) is 12.2. The first-order valence-electron chi connectivity index (χ1n) is 10.5.